The standard InChI is InChI=1S/C14H19N5O2/c1-3-21-10-7-9(8-10)19-14(16-17-18-19)11-5-4-6-12(15)13(11)20-2/h4-6,9-10H,3,7-8,15H2,1-2H3. The van der Waals surface area contributed by atoms with E-state index in [-0.39, 0.29) is 6.04 Å². The molecule has 1 aromatic carbocycles. The normalized spacial score (nSPS) is 21.0. The van der Waals surface area contributed by atoms with Crippen molar-refractivity contribution in [2.45, 2.75) is 31.9 Å². The van der Waals surface area contributed by atoms with E-state index < -0.39 is 0 Å². The zero-order valence-corrected chi connectivity index (χ0v) is 12.2. The minimum atomic E-state index is 0.262. The van der Waals surface area contributed by atoms with Gasteiger partial charge in [-0.1, -0.05) is 6.07 Å². The minimum Gasteiger partial charge on any atom is -0.494 e. The zero-order valence-electron chi connectivity index (χ0n) is 12.2. The van der Waals surface area contributed by atoms with Crippen LogP contribution in [0.3, 0.4) is 0 Å². The molecule has 0 spiro atoms. The fourth-order valence-corrected chi connectivity index (χ4v) is 2.69. The number of tetrazole rings is 1. The monoisotopic (exact) mass is 289 g/mol. The largest absolute Gasteiger partial charge is 0.494 e. The van der Waals surface area contributed by atoms with Gasteiger partial charge in [-0.15, -0.1) is 5.10 Å². The molecule has 0 aliphatic heterocycles. The molecule has 1 heterocycles. The molecule has 0 saturated heterocycles. The smallest absolute Gasteiger partial charge is 0.186 e. The van der Waals surface area contributed by atoms with Crippen LogP contribution in [0.4, 0.5) is 5.69 Å². The average molecular weight is 289 g/mol. The molecule has 21 heavy (non-hydrogen) atoms. The van der Waals surface area contributed by atoms with Crippen LogP contribution in [0.1, 0.15) is 25.8 Å². The third kappa shape index (κ3) is 2.44. The lowest BCUT2D eigenvalue weighted by atomic mass is 9.89. The van der Waals surface area contributed by atoms with E-state index >= 15 is 0 Å². The van der Waals surface area contributed by atoms with Gasteiger partial charge in [-0.3, -0.25) is 0 Å². The van der Waals surface area contributed by atoms with Crippen LogP contribution in [0.5, 0.6) is 5.75 Å². The maximum absolute atomic E-state index is 5.95. The molecule has 0 amide bonds. The van der Waals surface area contributed by atoms with Crippen molar-refractivity contribution in [1.82, 2.24) is 20.2 Å². The van der Waals surface area contributed by atoms with Crippen molar-refractivity contribution in [3.05, 3.63) is 18.2 Å². The first kappa shape index (κ1) is 13.8. The predicted molar refractivity (Wildman–Crippen MR) is 77.9 cm³/mol. The van der Waals surface area contributed by atoms with Crippen LogP contribution < -0.4 is 10.5 Å². The molecule has 1 fully saturated rings. The van der Waals surface area contributed by atoms with Gasteiger partial charge in [-0.25, -0.2) is 4.68 Å². The summed E-state index contributed by atoms with van der Waals surface area (Å²) in [6.45, 7) is 2.75. The second-order valence-corrected chi connectivity index (χ2v) is 5.08. The van der Waals surface area contributed by atoms with Crippen molar-refractivity contribution in [3.63, 3.8) is 0 Å². The van der Waals surface area contributed by atoms with Gasteiger partial charge < -0.3 is 15.2 Å². The lowest BCUT2D eigenvalue weighted by Gasteiger charge is -2.34. The third-order valence-electron chi connectivity index (χ3n) is 3.80. The maximum Gasteiger partial charge on any atom is 0.186 e. The fourth-order valence-electron chi connectivity index (χ4n) is 2.69. The predicted octanol–water partition coefficient (Wildman–Crippen LogP) is 1.67. The summed E-state index contributed by atoms with van der Waals surface area (Å²) in [6.07, 6.45) is 2.16. The van der Waals surface area contributed by atoms with E-state index in [4.69, 9.17) is 15.2 Å². The molecule has 112 valence electrons. The topological polar surface area (TPSA) is 88.1 Å². The van der Waals surface area contributed by atoms with E-state index in [1.807, 2.05) is 23.7 Å². The number of para-hydroxylation sites is 1. The van der Waals surface area contributed by atoms with Crippen molar-refractivity contribution in [2.24, 2.45) is 0 Å². The van der Waals surface area contributed by atoms with Crippen LogP contribution in [0.2, 0.25) is 0 Å². The SMILES string of the molecule is CCOC1CC(n2nnnc2-c2cccc(N)c2OC)C1. The van der Waals surface area contributed by atoms with E-state index in [0.29, 0.717) is 23.4 Å². The summed E-state index contributed by atoms with van der Waals surface area (Å²) < 4.78 is 12.8. The zero-order chi connectivity index (χ0) is 14.8. The second kappa shape index (κ2) is 5.69. The summed E-state index contributed by atoms with van der Waals surface area (Å²) >= 11 is 0. The minimum absolute atomic E-state index is 0.262. The van der Waals surface area contributed by atoms with Crippen molar-refractivity contribution >= 4 is 5.69 Å². The molecule has 1 aromatic heterocycles. The Morgan fingerprint density at radius 2 is 2.19 bits per heavy atom. The van der Waals surface area contributed by atoms with Crippen molar-refractivity contribution in [2.75, 3.05) is 19.5 Å². The Kier molecular flexibility index (Phi) is 3.74. The molecular formula is C14H19N5O2. The van der Waals surface area contributed by atoms with Gasteiger partial charge in [0.15, 0.2) is 11.6 Å². The second-order valence-electron chi connectivity index (χ2n) is 5.08. The Morgan fingerprint density at radius 1 is 1.38 bits per heavy atom. The first-order chi connectivity index (χ1) is 10.2. The maximum atomic E-state index is 5.95. The number of benzene rings is 1. The Bertz CT molecular complexity index is 622. The van der Waals surface area contributed by atoms with E-state index in [1.165, 1.54) is 0 Å². The lowest BCUT2D eigenvalue weighted by molar-refractivity contribution is -0.0227. The lowest BCUT2D eigenvalue weighted by Crippen LogP contribution is -2.34. The Morgan fingerprint density at radius 3 is 2.90 bits per heavy atom. The molecule has 7 heteroatoms. The first-order valence-electron chi connectivity index (χ1n) is 7.06. The molecule has 7 nitrogen and oxygen atoms in total. The van der Waals surface area contributed by atoms with Crippen LogP contribution in [0, 0.1) is 0 Å². The van der Waals surface area contributed by atoms with Crippen LogP contribution in [0.15, 0.2) is 18.2 Å². The molecule has 3 rings (SSSR count). The van der Waals surface area contributed by atoms with Gasteiger partial charge in [0.25, 0.3) is 0 Å². The summed E-state index contributed by atoms with van der Waals surface area (Å²) in [7, 11) is 1.60. The number of anilines is 1. The Hall–Kier alpha value is -2.15. The number of ether oxygens (including phenoxy) is 2. The quantitative estimate of drug-likeness (QED) is 0.842. The highest BCUT2D eigenvalue weighted by atomic mass is 16.5. The van der Waals surface area contributed by atoms with Gasteiger partial charge in [-0.2, -0.15) is 0 Å². The van der Waals surface area contributed by atoms with E-state index in [0.717, 1.165) is 25.0 Å². The van der Waals surface area contributed by atoms with Crippen LogP contribution >= 0.6 is 0 Å². The number of hydrogen-bond donors (Lipinski definition) is 1. The van der Waals surface area contributed by atoms with E-state index in [9.17, 15) is 0 Å². The summed E-state index contributed by atoms with van der Waals surface area (Å²) in [5.74, 6) is 1.29. The summed E-state index contributed by atoms with van der Waals surface area (Å²) in [4.78, 5) is 0. The summed E-state index contributed by atoms with van der Waals surface area (Å²) in [5.41, 5.74) is 7.33. The van der Waals surface area contributed by atoms with Crippen molar-refractivity contribution in [1.29, 1.82) is 0 Å². The highest BCUT2D eigenvalue weighted by molar-refractivity contribution is 5.73. The first-order valence-corrected chi connectivity index (χ1v) is 7.06. The highest BCUT2D eigenvalue weighted by Crippen LogP contribution is 2.39. The molecule has 0 bridgehead atoms. The van der Waals surface area contributed by atoms with Gasteiger partial charge in [0.05, 0.1) is 30.5 Å². The molecule has 1 aliphatic carbocycles. The number of aromatic nitrogens is 4. The van der Waals surface area contributed by atoms with Gasteiger partial charge in [0.2, 0.25) is 0 Å². The van der Waals surface area contributed by atoms with Crippen LogP contribution in [-0.2, 0) is 4.74 Å². The molecule has 0 atom stereocenters. The number of rotatable bonds is 5. The molecule has 2 N–H and O–H groups in total. The fraction of sp³-hybridized carbons (Fsp3) is 0.500. The van der Waals surface area contributed by atoms with Gasteiger partial charge >= 0.3 is 0 Å². The number of methoxy groups -OCH3 is 1. The van der Waals surface area contributed by atoms with Gasteiger partial charge in [0.1, 0.15) is 0 Å². The van der Waals surface area contributed by atoms with Crippen LogP contribution in [-0.4, -0.2) is 40.0 Å². The molecule has 0 unspecified atom stereocenters. The average Bonchev–Trinajstić information content (AvgIpc) is 2.90. The highest BCUT2D eigenvalue weighted by Gasteiger charge is 2.34. The summed E-state index contributed by atoms with van der Waals surface area (Å²) in [5, 5.41) is 12.1. The van der Waals surface area contributed by atoms with E-state index in [2.05, 4.69) is 15.5 Å². The van der Waals surface area contributed by atoms with Crippen molar-refractivity contribution < 1.29 is 9.47 Å². The molecule has 0 radical (unpaired) electrons. The third-order valence-corrected chi connectivity index (χ3v) is 3.80. The summed E-state index contributed by atoms with van der Waals surface area (Å²) in [6, 6.07) is 5.84. The molecule has 1 aliphatic rings. The number of nitrogens with zero attached hydrogens (tertiary/aromatic N) is 4. The molecule has 1 saturated carbocycles. The molecular weight excluding hydrogens is 270 g/mol. The van der Waals surface area contributed by atoms with E-state index in [1.54, 1.807) is 13.2 Å². The number of nitrogens with two attached hydrogens (primary N) is 1. The van der Waals surface area contributed by atoms with Gasteiger partial charge in [-0.05, 0) is 42.3 Å². The number of hydrogen-bond acceptors (Lipinski definition) is 6. The Balaban J connectivity index is 1.89. The van der Waals surface area contributed by atoms with Gasteiger partial charge in [0, 0.05) is 6.61 Å². The van der Waals surface area contributed by atoms with Crippen LogP contribution in [0.25, 0.3) is 11.4 Å². The Labute approximate surface area is 123 Å². The number of nitrogen functional groups attached to an aromatic ring is 1. The molecule has 2 aromatic rings. The van der Waals surface area contributed by atoms with Crippen molar-refractivity contribution in [3.8, 4) is 17.1 Å².